The molecule has 1 heterocycles. The van der Waals surface area contributed by atoms with Crippen molar-refractivity contribution in [3.05, 3.63) is 11.1 Å². The average molecular weight is 395 g/mol. The van der Waals surface area contributed by atoms with Crippen LogP contribution in [-0.4, -0.2) is 27.4 Å². The van der Waals surface area contributed by atoms with Crippen molar-refractivity contribution in [1.82, 2.24) is 10.3 Å². The van der Waals surface area contributed by atoms with E-state index in [2.05, 4.69) is 10.3 Å². The van der Waals surface area contributed by atoms with Crippen molar-refractivity contribution in [1.29, 1.82) is 0 Å². The van der Waals surface area contributed by atoms with Crippen LogP contribution < -0.4 is 5.32 Å². The van der Waals surface area contributed by atoms with Gasteiger partial charge in [-0.05, 0) is 74.5 Å². The maximum absolute atomic E-state index is 12.2. The SMILES string of the molecule is CCS(=O)c1ncc(C(=O)NCCCCC2C3CC4CC(C3)CC2C4)s1. The van der Waals surface area contributed by atoms with Crippen molar-refractivity contribution in [3.63, 3.8) is 0 Å². The molecule has 6 heteroatoms. The summed E-state index contributed by atoms with van der Waals surface area (Å²) in [5.74, 6) is 5.56. The number of rotatable bonds is 8. The third-order valence-corrected chi connectivity index (χ3v) is 9.45. The largest absolute Gasteiger partial charge is 0.351 e. The Kier molecular flexibility index (Phi) is 5.79. The summed E-state index contributed by atoms with van der Waals surface area (Å²) in [6.45, 7) is 2.59. The van der Waals surface area contributed by atoms with Gasteiger partial charge in [0, 0.05) is 12.3 Å². The predicted octanol–water partition coefficient (Wildman–Crippen LogP) is 4.24. The molecular formula is C20H30N2O2S2. The van der Waals surface area contributed by atoms with Gasteiger partial charge in [-0.1, -0.05) is 13.3 Å². The minimum Gasteiger partial charge on any atom is -0.351 e. The van der Waals surface area contributed by atoms with E-state index in [9.17, 15) is 9.00 Å². The molecule has 0 saturated heterocycles. The first-order valence-corrected chi connectivity index (χ1v) is 12.4. The number of hydrogen-bond donors (Lipinski definition) is 1. The Hall–Kier alpha value is -0.750. The molecule has 1 atom stereocenters. The number of hydrogen-bond acceptors (Lipinski definition) is 4. The van der Waals surface area contributed by atoms with Crippen LogP contribution in [0.15, 0.2) is 10.5 Å². The first-order chi connectivity index (χ1) is 12.6. The van der Waals surface area contributed by atoms with E-state index in [4.69, 9.17) is 0 Å². The van der Waals surface area contributed by atoms with Gasteiger partial charge in [0.05, 0.1) is 17.0 Å². The first-order valence-electron chi connectivity index (χ1n) is 10.3. The van der Waals surface area contributed by atoms with Crippen LogP contribution in [-0.2, 0) is 10.8 Å². The van der Waals surface area contributed by atoms with Crippen LogP contribution >= 0.6 is 11.3 Å². The third kappa shape index (κ3) is 3.91. The summed E-state index contributed by atoms with van der Waals surface area (Å²) < 4.78 is 12.3. The Bertz CT molecular complexity index is 645. The molecule has 1 aromatic heterocycles. The Labute approximate surface area is 163 Å². The molecule has 0 aromatic carbocycles. The van der Waals surface area contributed by atoms with Crippen LogP contribution in [0.2, 0.25) is 0 Å². The van der Waals surface area contributed by atoms with Gasteiger partial charge in [0.15, 0.2) is 4.34 Å². The molecule has 1 amide bonds. The minimum absolute atomic E-state index is 0.0727. The number of unbranched alkanes of at least 4 members (excludes halogenated alkanes) is 1. The van der Waals surface area contributed by atoms with E-state index in [1.807, 2.05) is 6.92 Å². The summed E-state index contributed by atoms with van der Waals surface area (Å²) in [4.78, 5) is 16.9. The van der Waals surface area contributed by atoms with Crippen LogP contribution in [0.5, 0.6) is 0 Å². The molecule has 4 bridgehead atoms. The topological polar surface area (TPSA) is 59.1 Å². The predicted molar refractivity (Wildman–Crippen MR) is 106 cm³/mol. The fraction of sp³-hybridized carbons (Fsp3) is 0.800. The number of nitrogens with zero attached hydrogens (tertiary/aromatic N) is 1. The molecule has 144 valence electrons. The van der Waals surface area contributed by atoms with Gasteiger partial charge in [0.25, 0.3) is 5.91 Å². The van der Waals surface area contributed by atoms with E-state index < -0.39 is 10.8 Å². The van der Waals surface area contributed by atoms with Crippen molar-refractivity contribution < 1.29 is 9.00 Å². The van der Waals surface area contributed by atoms with Crippen molar-refractivity contribution in [2.75, 3.05) is 12.3 Å². The van der Waals surface area contributed by atoms with Crippen molar-refractivity contribution in [2.24, 2.45) is 29.6 Å². The van der Waals surface area contributed by atoms with E-state index in [1.165, 1.54) is 56.3 Å². The lowest BCUT2D eigenvalue weighted by molar-refractivity contribution is -0.0403. The van der Waals surface area contributed by atoms with Crippen molar-refractivity contribution in [2.45, 2.75) is 62.6 Å². The summed E-state index contributed by atoms with van der Waals surface area (Å²) in [7, 11) is -1.07. The highest BCUT2D eigenvalue weighted by atomic mass is 32.2. The molecule has 1 unspecified atom stereocenters. The second kappa shape index (κ2) is 8.09. The maximum Gasteiger partial charge on any atom is 0.263 e. The fourth-order valence-electron chi connectivity index (χ4n) is 5.90. The molecule has 26 heavy (non-hydrogen) atoms. The average Bonchev–Trinajstić information content (AvgIpc) is 3.12. The van der Waals surface area contributed by atoms with E-state index in [1.54, 1.807) is 6.20 Å². The quantitative estimate of drug-likeness (QED) is 0.671. The normalized spacial score (nSPS) is 33.3. The number of nitrogens with one attached hydrogen (secondary N) is 1. The van der Waals surface area contributed by atoms with Gasteiger partial charge in [-0.3, -0.25) is 9.00 Å². The van der Waals surface area contributed by atoms with Gasteiger partial charge in [0.2, 0.25) is 0 Å². The highest BCUT2D eigenvalue weighted by Crippen LogP contribution is 2.57. The van der Waals surface area contributed by atoms with Crippen LogP contribution in [0.4, 0.5) is 0 Å². The lowest BCUT2D eigenvalue weighted by Crippen LogP contribution is -2.45. The van der Waals surface area contributed by atoms with Crippen LogP contribution in [0.3, 0.4) is 0 Å². The molecule has 1 aromatic rings. The Morgan fingerprint density at radius 2 is 1.88 bits per heavy atom. The Balaban J connectivity index is 1.17. The first kappa shape index (κ1) is 18.6. The smallest absolute Gasteiger partial charge is 0.263 e. The summed E-state index contributed by atoms with van der Waals surface area (Å²) in [6, 6.07) is 0. The number of carbonyl (C=O) groups excluding carboxylic acids is 1. The van der Waals surface area contributed by atoms with Gasteiger partial charge in [0.1, 0.15) is 4.88 Å². The molecule has 4 fully saturated rings. The molecule has 4 aliphatic carbocycles. The van der Waals surface area contributed by atoms with Crippen LogP contribution in [0.1, 0.15) is 68.0 Å². The molecule has 0 radical (unpaired) electrons. The van der Waals surface area contributed by atoms with Crippen molar-refractivity contribution in [3.8, 4) is 0 Å². The summed E-state index contributed by atoms with van der Waals surface area (Å²) in [5.41, 5.74) is 0. The molecule has 4 aliphatic rings. The zero-order chi connectivity index (χ0) is 18.1. The highest BCUT2D eigenvalue weighted by Gasteiger charge is 2.47. The zero-order valence-corrected chi connectivity index (χ0v) is 17.2. The second-order valence-corrected chi connectivity index (χ2v) is 11.4. The lowest BCUT2D eigenvalue weighted by Gasteiger charge is -2.54. The molecule has 1 N–H and O–H groups in total. The molecule has 0 spiro atoms. The molecular weight excluding hydrogens is 364 g/mol. The minimum atomic E-state index is -1.07. The highest BCUT2D eigenvalue weighted by molar-refractivity contribution is 7.87. The zero-order valence-electron chi connectivity index (χ0n) is 15.6. The van der Waals surface area contributed by atoms with Gasteiger partial charge >= 0.3 is 0 Å². The number of carbonyl (C=O) groups is 1. The third-order valence-electron chi connectivity index (χ3n) is 6.84. The Morgan fingerprint density at radius 3 is 2.54 bits per heavy atom. The lowest BCUT2D eigenvalue weighted by atomic mass is 9.51. The van der Waals surface area contributed by atoms with Crippen LogP contribution in [0.25, 0.3) is 0 Å². The van der Waals surface area contributed by atoms with E-state index >= 15 is 0 Å². The monoisotopic (exact) mass is 394 g/mol. The van der Waals surface area contributed by atoms with Gasteiger partial charge in [-0.2, -0.15) is 0 Å². The molecule has 0 aliphatic heterocycles. The van der Waals surface area contributed by atoms with E-state index in [0.717, 1.165) is 42.6 Å². The summed E-state index contributed by atoms with van der Waals surface area (Å²) >= 11 is 1.25. The van der Waals surface area contributed by atoms with Gasteiger partial charge in [-0.15, -0.1) is 11.3 Å². The van der Waals surface area contributed by atoms with Crippen LogP contribution in [0, 0.1) is 29.6 Å². The van der Waals surface area contributed by atoms with Gasteiger partial charge in [-0.25, -0.2) is 4.98 Å². The molecule has 5 rings (SSSR count). The second-order valence-electron chi connectivity index (χ2n) is 8.47. The van der Waals surface area contributed by atoms with E-state index in [0.29, 0.717) is 15.0 Å². The summed E-state index contributed by atoms with van der Waals surface area (Å²) in [6.07, 6.45) is 12.7. The maximum atomic E-state index is 12.2. The Morgan fingerprint density at radius 1 is 1.19 bits per heavy atom. The van der Waals surface area contributed by atoms with E-state index in [-0.39, 0.29) is 5.91 Å². The van der Waals surface area contributed by atoms with Gasteiger partial charge < -0.3 is 5.32 Å². The molecule has 4 nitrogen and oxygen atoms in total. The fourth-order valence-corrected chi connectivity index (χ4v) is 7.87. The standard InChI is InChI=1S/C20H30N2O2S2/c1-2-26(24)20-22-12-18(25-20)19(23)21-6-4-3-5-17-15-8-13-7-14(10-15)11-16(17)9-13/h12-17H,2-11H2,1H3,(H,21,23). The summed E-state index contributed by atoms with van der Waals surface area (Å²) in [5, 5.41) is 3.00. The number of amides is 1. The van der Waals surface area contributed by atoms with Crippen molar-refractivity contribution >= 4 is 28.0 Å². The molecule has 4 saturated carbocycles. The number of aromatic nitrogens is 1. The number of thiazole rings is 1.